The van der Waals surface area contributed by atoms with Crippen LogP contribution in [0.5, 0.6) is 11.5 Å². The third-order valence-corrected chi connectivity index (χ3v) is 3.65. The summed E-state index contributed by atoms with van der Waals surface area (Å²) >= 11 is 0. The maximum Gasteiger partial charge on any atom is 0.333 e. The number of ether oxygens (including phenoxy) is 4. The van der Waals surface area contributed by atoms with Crippen molar-refractivity contribution in [3.05, 3.63) is 60.7 Å². The standard InChI is InChI=1S/C22H24O6/c1-15(2)21(23)27-11-9-25-19-7-5-18-14-20(8-6-17(18)13-19)26-10-12-28-22(24)16(3)4/h5-8,13-14H,1,3,9-12H2,2,4H3. The van der Waals surface area contributed by atoms with Gasteiger partial charge < -0.3 is 18.9 Å². The zero-order valence-corrected chi connectivity index (χ0v) is 16.2. The Hall–Kier alpha value is -3.28. The predicted octanol–water partition coefficient (Wildman–Crippen LogP) is 3.84. The average Bonchev–Trinajstić information content (AvgIpc) is 2.67. The molecule has 0 saturated carbocycles. The van der Waals surface area contributed by atoms with Crippen LogP contribution in [0.4, 0.5) is 0 Å². The van der Waals surface area contributed by atoms with Crippen LogP contribution in [0, 0.1) is 0 Å². The van der Waals surface area contributed by atoms with Crippen LogP contribution in [0.25, 0.3) is 10.8 Å². The minimum Gasteiger partial charge on any atom is -0.490 e. The smallest absolute Gasteiger partial charge is 0.333 e. The van der Waals surface area contributed by atoms with E-state index in [-0.39, 0.29) is 26.4 Å². The lowest BCUT2D eigenvalue weighted by atomic mass is 10.1. The van der Waals surface area contributed by atoms with Crippen LogP contribution in [0.1, 0.15) is 13.8 Å². The third-order valence-electron chi connectivity index (χ3n) is 3.65. The van der Waals surface area contributed by atoms with E-state index in [0.717, 1.165) is 10.8 Å². The van der Waals surface area contributed by atoms with Crippen LogP contribution in [0.2, 0.25) is 0 Å². The summed E-state index contributed by atoms with van der Waals surface area (Å²) in [6, 6.07) is 11.3. The van der Waals surface area contributed by atoms with Gasteiger partial charge >= 0.3 is 11.9 Å². The molecule has 148 valence electrons. The first-order valence-corrected chi connectivity index (χ1v) is 8.81. The first-order chi connectivity index (χ1) is 13.4. The number of hydrogen-bond donors (Lipinski definition) is 0. The molecular formula is C22H24O6. The van der Waals surface area contributed by atoms with E-state index in [0.29, 0.717) is 22.6 Å². The topological polar surface area (TPSA) is 71.1 Å². The van der Waals surface area contributed by atoms with Gasteiger partial charge in [0.2, 0.25) is 0 Å². The predicted molar refractivity (Wildman–Crippen MR) is 106 cm³/mol. The number of carbonyl (C=O) groups is 2. The molecule has 0 aliphatic carbocycles. The van der Waals surface area contributed by atoms with Crippen LogP contribution < -0.4 is 9.47 Å². The van der Waals surface area contributed by atoms with E-state index >= 15 is 0 Å². The van der Waals surface area contributed by atoms with Crippen LogP contribution in [0.15, 0.2) is 60.7 Å². The molecule has 6 heteroatoms. The Morgan fingerprint density at radius 2 is 1.11 bits per heavy atom. The quantitative estimate of drug-likeness (QED) is 0.352. The minimum atomic E-state index is -0.427. The summed E-state index contributed by atoms with van der Waals surface area (Å²) in [5.41, 5.74) is 0.718. The molecule has 0 fully saturated rings. The lowest BCUT2D eigenvalue weighted by Crippen LogP contribution is -2.12. The fraction of sp³-hybridized carbons (Fsp3) is 0.273. The van der Waals surface area contributed by atoms with Gasteiger partial charge in [-0.3, -0.25) is 0 Å². The van der Waals surface area contributed by atoms with Gasteiger partial charge in [-0.25, -0.2) is 9.59 Å². The van der Waals surface area contributed by atoms with Crippen molar-refractivity contribution < 1.29 is 28.5 Å². The molecule has 0 unspecified atom stereocenters. The van der Waals surface area contributed by atoms with Crippen molar-refractivity contribution in [2.24, 2.45) is 0 Å². The summed E-state index contributed by atoms with van der Waals surface area (Å²) in [6.07, 6.45) is 0. The highest BCUT2D eigenvalue weighted by molar-refractivity contribution is 5.87. The SMILES string of the molecule is C=C(C)C(=O)OCCOc1ccc2cc(OCCOC(=O)C(=C)C)ccc2c1. The van der Waals surface area contributed by atoms with Gasteiger partial charge in [-0.05, 0) is 48.9 Å². The summed E-state index contributed by atoms with van der Waals surface area (Å²) < 4.78 is 21.2. The molecule has 0 saturated heterocycles. The lowest BCUT2D eigenvalue weighted by Gasteiger charge is -2.10. The van der Waals surface area contributed by atoms with Gasteiger partial charge in [0.05, 0.1) is 0 Å². The Labute approximate surface area is 164 Å². The molecule has 0 aliphatic heterocycles. The Morgan fingerprint density at radius 1 is 0.714 bits per heavy atom. The van der Waals surface area contributed by atoms with E-state index in [1.165, 1.54) is 0 Å². The van der Waals surface area contributed by atoms with E-state index in [1.54, 1.807) is 13.8 Å². The lowest BCUT2D eigenvalue weighted by molar-refractivity contribution is -0.140. The van der Waals surface area contributed by atoms with Crippen molar-refractivity contribution in [1.29, 1.82) is 0 Å². The molecular weight excluding hydrogens is 360 g/mol. The maximum atomic E-state index is 11.3. The molecule has 0 aromatic heterocycles. The Kier molecular flexibility index (Phi) is 7.63. The highest BCUT2D eigenvalue weighted by atomic mass is 16.6. The molecule has 2 aromatic rings. The van der Waals surface area contributed by atoms with Gasteiger partial charge in [-0.15, -0.1) is 0 Å². The first kappa shape index (κ1) is 21.0. The molecule has 0 amide bonds. The zero-order valence-electron chi connectivity index (χ0n) is 16.2. The third kappa shape index (κ3) is 6.46. The summed E-state index contributed by atoms with van der Waals surface area (Å²) in [5, 5.41) is 1.97. The summed E-state index contributed by atoms with van der Waals surface area (Å²) in [4.78, 5) is 22.6. The van der Waals surface area contributed by atoms with Crippen LogP contribution in [0.3, 0.4) is 0 Å². The summed E-state index contributed by atoms with van der Waals surface area (Å²) in [5.74, 6) is 0.506. The second kappa shape index (κ2) is 10.2. The number of esters is 2. The number of hydrogen-bond acceptors (Lipinski definition) is 6. The molecule has 0 spiro atoms. The Bertz CT molecular complexity index is 810. The number of benzene rings is 2. The van der Waals surface area contributed by atoms with E-state index < -0.39 is 11.9 Å². The van der Waals surface area contributed by atoms with Crippen LogP contribution in [-0.2, 0) is 19.1 Å². The van der Waals surface area contributed by atoms with E-state index in [4.69, 9.17) is 18.9 Å². The van der Waals surface area contributed by atoms with E-state index in [1.807, 2.05) is 36.4 Å². The van der Waals surface area contributed by atoms with Gasteiger partial charge in [0, 0.05) is 11.1 Å². The highest BCUT2D eigenvalue weighted by Gasteiger charge is 2.05. The largest absolute Gasteiger partial charge is 0.490 e. The number of rotatable bonds is 10. The van der Waals surface area contributed by atoms with Crippen molar-refractivity contribution in [3.63, 3.8) is 0 Å². The monoisotopic (exact) mass is 384 g/mol. The Morgan fingerprint density at radius 3 is 1.46 bits per heavy atom. The maximum absolute atomic E-state index is 11.3. The van der Waals surface area contributed by atoms with Crippen LogP contribution >= 0.6 is 0 Å². The molecule has 0 heterocycles. The van der Waals surface area contributed by atoms with E-state index in [2.05, 4.69) is 13.2 Å². The first-order valence-electron chi connectivity index (χ1n) is 8.81. The minimum absolute atomic E-state index is 0.159. The second-order valence-electron chi connectivity index (χ2n) is 6.20. The molecule has 6 nitrogen and oxygen atoms in total. The molecule has 2 aromatic carbocycles. The molecule has 0 radical (unpaired) electrons. The molecule has 0 N–H and O–H groups in total. The zero-order chi connectivity index (χ0) is 20.5. The molecule has 2 rings (SSSR count). The number of fused-ring (bicyclic) bond motifs is 1. The average molecular weight is 384 g/mol. The van der Waals surface area contributed by atoms with Crippen molar-refractivity contribution in [2.45, 2.75) is 13.8 Å². The number of carbonyl (C=O) groups excluding carboxylic acids is 2. The molecule has 0 aliphatic rings. The van der Waals surface area contributed by atoms with Gasteiger partial charge in [0.1, 0.15) is 37.9 Å². The summed E-state index contributed by atoms with van der Waals surface area (Å²) in [6.45, 7) is 11.1. The molecule has 28 heavy (non-hydrogen) atoms. The summed E-state index contributed by atoms with van der Waals surface area (Å²) in [7, 11) is 0. The second-order valence-corrected chi connectivity index (χ2v) is 6.20. The van der Waals surface area contributed by atoms with Crippen molar-refractivity contribution >= 4 is 22.7 Å². The fourth-order valence-corrected chi connectivity index (χ4v) is 2.22. The van der Waals surface area contributed by atoms with Crippen molar-refractivity contribution in [3.8, 4) is 11.5 Å². The normalized spacial score (nSPS) is 10.2. The van der Waals surface area contributed by atoms with Gasteiger partial charge in [-0.2, -0.15) is 0 Å². The van der Waals surface area contributed by atoms with Crippen LogP contribution in [-0.4, -0.2) is 38.4 Å². The van der Waals surface area contributed by atoms with E-state index in [9.17, 15) is 9.59 Å². The molecule has 0 bridgehead atoms. The van der Waals surface area contributed by atoms with Gasteiger partial charge in [0.15, 0.2) is 0 Å². The molecule has 0 atom stereocenters. The van der Waals surface area contributed by atoms with Crippen molar-refractivity contribution in [1.82, 2.24) is 0 Å². The highest BCUT2D eigenvalue weighted by Crippen LogP contribution is 2.25. The Balaban J connectivity index is 1.84. The van der Waals surface area contributed by atoms with Crippen molar-refractivity contribution in [2.75, 3.05) is 26.4 Å². The fourth-order valence-electron chi connectivity index (χ4n) is 2.22. The van der Waals surface area contributed by atoms with Gasteiger partial charge in [-0.1, -0.05) is 25.3 Å². The van der Waals surface area contributed by atoms with Gasteiger partial charge in [0.25, 0.3) is 0 Å².